The van der Waals surface area contributed by atoms with Crippen molar-refractivity contribution in [1.82, 2.24) is 0 Å². The Kier molecular flexibility index (Phi) is 4.70. The maximum absolute atomic E-state index is 13.0. The molecule has 1 fully saturated rings. The van der Waals surface area contributed by atoms with Gasteiger partial charge in [-0.1, -0.05) is 25.0 Å². The summed E-state index contributed by atoms with van der Waals surface area (Å²) in [7, 11) is 1.59. The van der Waals surface area contributed by atoms with E-state index in [9.17, 15) is 14.9 Å². The zero-order valence-electron chi connectivity index (χ0n) is 14.0. The molecule has 1 N–H and O–H groups in total. The molecule has 6 heteroatoms. The summed E-state index contributed by atoms with van der Waals surface area (Å²) >= 11 is 0. The van der Waals surface area contributed by atoms with E-state index in [1.54, 1.807) is 43.5 Å². The Morgan fingerprint density at radius 2 is 1.68 bits per heavy atom. The van der Waals surface area contributed by atoms with Crippen LogP contribution in [-0.4, -0.2) is 17.9 Å². The molecule has 3 rings (SSSR count). The van der Waals surface area contributed by atoms with E-state index >= 15 is 0 Å². The molecule has 0 spiro atoms. The Balaban J connectivity index is 1.85. The molecule has 1 aliphatic carbocycles. The third kappa shape index (κ3) is 3.33. The molecule has 2 aromatic rings. The van der Waals surface area contributed by atoms with Crippen LogP contribution < -0.4 is 10.1 Å². The van der Waals surface area contributed by atoms with E-state index in [0.29, 0.717) is 5.69 Å². The van der Waals surface area contributed by atoms with E-state index < -0.39 is 10.3 Å². The highest BCUT2D eigenvalue weighted by atomic mass is 16.6. The third-order valence-electron chi connectivity index (χ3n) is 4.87. The number of nitrogens with one attached hydrogen (secondary N) is 1. The van der Waals surface area contributed by atoms with Crippen LogP contribution in [0.2, 0.25) is 0 Å². The average Bonchev–Trinajstić information content (AvgIpc) is 3.13. The van der Waals surface area contributed by atoms with Gasteiger partial charge in [0.15, 0.2) is 0 Å². The van der Waals surface area contributed by atoms with Crippen LogP contribution in [0.1, 0.15) is 31.2 Å². The molecule has 1 amide bonds. The smallest absolute Gasteiger partial charge is 0.269 e. The minimum absolute atomic E-state index is 0.0347. The second kappa shape index (κ2) is 6.93. The molecule has 25 heavy (non-hydrogen) atoms. The summed E-state index contributed by atoms with van der Waals surface area (Å²) in [4.78, 5) is 23.5. The number of carbonyl (C=O) groups is 1. The Morgan fingerprint density at radius 1 is 1.08 bits per heavy atom. The number of benzene rings is 2. The van der Waals surface area contributed by atoms with Crippen molar-refractivity contribution in [3.63, 3.8) is 0 Å². The molecule has 0 bridgehead atoms. The lowest BCUT2D eigenvalue weighted by atomic mass is 9.78. The number of nitrogens with zero attached hydrogens (tertiary/aromatic N) is 1. The Hall–Kier alpha value is -2.89. The van der Waals surface area contributed by atoms with Crippen molar-refractivity contribution in [3.8, 4) is 5.75 Å². The lowest BCUT2D eigenvalue weighted by Crippen LogP contribution is -2.37. The zero-order valence-corrected chi connectivity index (χ0v) is 14.0. The van der Waals surface area contributed by atoms with E-state index in [2.05, 4.69) is 5.32 Å². The number of carbonyl (C=O) groups excluding carboxylic acids is 1. The van der Waals surface area contributed by atoms with Gasteiger partial charge in [-0.15, -0.1) is 0 Å². The van der Waals surface area contributed by atoms with Gasteiger partial charge in [-0.25, -0.2) is 0 Å². The minimum atomic E-state index is -0.630. The molecule has 0 aromatic heterocycles. The summed E-state index contributed by atoms with van der Waals surface area (Å²) in [6.45, 7) is 0. The van der Waals surface area contributed by atoms with Gasteiger partial charge in [0.25, 0.3) is 5.69 Å². The molecule has 130 valence electrons. The van der Waals surface area contributed by atoms with Gasteiger partial charge in [0.05, 0.1) is 17.4 Å². The standard InChI is InChI=1S/C19H20N2O4/c1-25-17-10-6-15(7-11-17)20-18(22)19(12-2-3-13-19)14-4-8-16(9-5-14)21(23)24/h4-11H,2-3,12-13H2,1H3,(H,20,22). The average molecular weight is 340 g/mol. The molecular weight excluding hydrogens is 320 g/mol. The van der Waals surface area contributed by atoms with Crippen molar-refractivity contribution < 1.29 is 14.5 Å². The van der Waals surface area contributed by atoms with Gasteiger partial charge in [0.1, 0.15) is 5.75 Å². The topological polar surface area (TPSA) is 81.5 Å². The summed E-state index contributed by atoms with van der Waals surface area (Å²) in [5.41, 5.74) is 0.947. The van der Waals surface area contributed by atoms with E-state index in [0.717, 1.165) is 37.0 Å². The predicted molar refractivity (Wildman–Crippen MR) is 94.9 cm³/mol. The summed E-state index contributed by atoms with van der Waals surface area (Å²) in [5, 5.41) is 13.8. The van der Waals surface area contributed by atoms with Crippen LogP contribution >= 0.6 is 0 Å². The fourth-order valence-corrected chi connectivity index (χ4v) is 3.45. The van der Waals surface area contributed by atoms with Crippen molar-refractivity contribution in [2.24, 2.45) is 0 Å². The SMILES string of the molecule is COc1ccc(NC(=O)C2(c3ccc([N+](=O)[O-])cc3)CCCC2)cc1. The predicted octanol–water partition coefficient (Wildman–Crippen LogP) is 4.05. The normalized spacial score (nSPS) is 15.6. The molecular formula is C19H20N2O4. The summed E-state index contributed by atoms with van der Waals surface area (Å²) < 4.78 is 5.13. The summed E-state index contributed by atoms with van der Waals surface area (Å²) in [6, 6.07) is 13.5. The summed E-state index contributed by atoms with van der Waals surface area (Å²) in [5.74, 6) is 0.660. The molecule has 0 saturated heterocycles. The maximum Gasteiger partial charge on any atom is 0.269 e. The van der Waals surface area contributed by atoms with Gasteiger partial charge in [0, 0.05) is 17.8 Å². The highest BCUT2D eigenvalue weighted by molar-refractivity contribution is 5.99. The van der Waals surface area contributed by atoms with Crippen molar-refractivity contribution in [2.45, 2.75) is 31.1 Å². The number of nitro groups is 1. The van der Waals surface area contributed by atoms with Gasteiger partial charge in [-0.05, 0) is 42.7 Å². The maximum atomic E-state index is 13.0. The minimum Gasteiger partial charge on any atom is -0.497 e. The van der Waals surface area contributed by atoms with Gasteiger partial charge in [0.2, 0.25) is 5.91 Å². The molecule has 2 aromatic carbocycles. The Labute approximate surface area is 146 Å². The van der Waals surface area contributed by atoms with Crippen LogP contribution in [0.15, 0.2) is 48.5 Å². The lowest BCUT2D eigenvalue weighted by molar-refractivity contribution is -0.384. The number of ether oxygens (including phenoxy) is 1. The number of amides is 1. The van der Waals surface area contributed by atoms with Crippen LogP contribution in [0.25, 0.3) is 0 Å². The molecule has 1 aliphatic rings. The number of methoxy groups -OCH3 is 1. The number of hydrogen-bond acceptors (Lipinski definition) is 4. The number of rotatable bonds is 5. The molecule has 0 atom stereocenters. The number of hydrogen-bond donors (Lipinski definition) is 1. The Morgan fingerprint density at radius 3 is 2.20 bits per heavy atom. The summed E-state index contributed by atoms with van der Waals surface area (Å²) in [6.07, 6.45) is 3.42. The number of non-ortho nitro benzene ring substituents is 1. The quantitative estimate of drug-likeness (QED) is 0.657. The van der Waals surface area contributed by atoms with Crippen LogP contribution in [0.4, 0.5) is 11.4 Å². The van der Waals surface area contributed by atoms with Crippen LogP contribution in [0.3, 0.4) is 0 Å². The fourth-order valence-electron chi connectivity index (χ4n) is 3.45. The van der Waals surface area contributed by atoms with E-state index in [4.69, 9.17) is 4.74 Å². The largest absolute Gasteiger partial charge is 0.497 e. The first-order valence-corrected chi connectivity index (χ1v) is 8.26. The molecule has 0 heterocycles. The number of nitro benzene ring substituents is 1. The third-order valence-corrected chi connectivity index (χ3v) is 4.87. The second-order valence-electron chi connectivity index (χ2n) is 6.28. The van der Waals surface area contributed by atoms with Crippen molar-refractivity contribution in [2.75, 3.05) is 12.4 Å². The van der Waals surface area contributed by atoms with E-state index in [1.165, 1.54) is 12.1 Å². The second-order valence-corrected chi connectivity index (χ2v) is 6.28. The van der Waals surface area contributed by atoms with Crippen molar-refractivity contribution in [1.29, 1.82) is 0 Å². The molecule has 0 unspecified atom stereocenters. The first-order chi connectivity index (χ1) is 12.0. The molecule has 0 aliphatic heterocycles. The highest BCUT2D eigenvalue weighted by Crippen LogP contribution is 2.42. The van der Waals surface area contributed by atoms with Crippen molar-refractivity contribution >= 4 is 17.3 Å². The fraction of sp³-hybridized carbons (Fsp3) is 0.316. The Bertz CT molecular complexity index is 763. The zero-order chi connectivity index (χ0) is 17.9. The van der Waals surface area contributed by atoms with Crippen molar-refractivity contribution in [3.05, 3.63) is 64.2 Å². The number of anilines is 1. The van der Waals surface area contributed by atoms with Crippen LogP contribution in [0.5, 0.6) is 5.75 Å². The van der Waals surface area contributed by atoms with E-state index in [1.807, 2.05) is 0 Å². The lowest BCUT2D eigenvalue weighted by Gasteiger charge is -2.28. The molecule has 6 nitrogen and oxygen atoms in total. The van der Waals surface area contributed by atoms with Gasteiger partial charge in [-0.3, -0.25) is 14.9 Å². The van der Waals surface area contributed by atoms with Gasteiger partial charge in [-0.2, -0.15) is 0 Å². The van der Waals surface area contributed by atoms with Crippen LogP contribution in [-0.2, 0) is 10.2 Å². The van der Waals surface area contributed by atoms with E-state index in [-0.39, 0.29) is 11.6 Å². The molecule has 0 radical (unpaired) electrons. The first kappa shape index (κ1) is 17.0. The first-order valence-electron chi connectivity index (χ1n) is 8.26. The van der Waals surface area contributed by atoms with Gasteiger partial charge < -0.3 is 10.1 Å². The van der Waals surface area contributed by atoms with Crippen LogP contribution in [0, 0.1) is 10.1 Å². The highest BCUT2D eigenvalue weighted by Gasteiger charge is 2.42. The molecule has 1 saturated carbocycles. The van der Waals surface area contributed by atoms with Gasteiger partial charge >= 0.3 is 0 Å². The monoisotopic (exact) mass is 340 g/mol.